The van der Waals surface area contributed by atoms with E-state index in [1.165, 1.54) is 0 Å². The fourth-order valence-electron chi connectivity index (χ4n) is 3.38. The van der Waals surface area contributed by atoms with Gasteiger partial charge in [0.2, 0.25) is 0 Å². The molecule has 4 aromatic rings. The van der Waals surface area contributed by atoms with Crippen LogP contribution >= 0.6 is 0 Å². The van der Waals surface area contributed by atoms with Crippen LogP contribution in [0.3, 0.4) is 0 Å². The fraction of sp³-hybridized carbons (Fsp3) is 0.130. The molecule has 2 aromatic carbocycles. The first kappa shape index (κ1) is 19.3. The van der Waals surface area contributed by atoms with Crippen LogP contribution < -0.4 is 15.4 Å². The molecule has 0 fully saturated rings. The van der Waals surface area contributed by atoms with Crippen LogP contribution in [0.4, 0.5) is 10.6 Å². The number of carbonyl (C=O) groups is 1. The van der Waals surface area contributed by atoms with Crippen molar-refractivity contribution in [2.75, 3.05) is 12.4 Å². The van der Waals surface area contributed by atoms with Crippen molar-refractivity contribution in [1.82, 2.24) is 14.9 Å². The van der Waals surface area contributed by atoms with Crippen molar-refractivity contribution in [1.29, 1.82) is 0 Å². The Hall–Kier alpha value is -4.00. The van der Waals surface area contributed by atoms with Crippen LogP contribution in [0.2, 0.25) is 0 Å². The molecule has 0 bridgehead atoms. The average molecular weight is 402 g/mol. The van der Waals surface area contributed by atoms with Crippen LogP contribution in [0, 0.1) is 0 Å². The van der Waals surface area contributed by atoms with Crippen molar-refractivity contribution in [3.8, 4) is 11.6 Å². The Kier molecular flexibility index (Phi) is 5.52. The van der Waals surface area contributed by atoms with E-state index in [9.17, 15) is 9.90 Å². The van der Waals surface area contributed by atoms with Gasteiger partial charge in [0.1, 0.15) is 11.6 Å². The molecule has 4 rings (SSSR count). The Morgan fingerprint density at radius 3 is 2.47 bits per heavy atom. The average Bonchev–Trinajstić information content (AvgIpc) is 3.05. The van der Waals surface area contributed by atoms with Crippen molar-refractivity contribution in [2.45, 2.75) is 13.1 Å². The number of anilines is 1. The zero-order valence-corrected chi connectivity index (χ0v) is 16.5. The lowest BCUT2D eigenvalue weighted by molar-refractivity contribution is 0.251. The molecule has 0 saturated carbocycles. The fourth-order valence-corrected chi connectivity index (χ4v) is 3.38. The first-order valence-corrected chi connectivity index (χ1v) is 9.53. The van der Waals surface area contributed by atoms with E-state index in [1.54, 1.807) is 31.5 Å². The summed E-state index contributed by atoms with van der Waals surface area (Å²) in [6.07, 6.45) is 1.61. The minimum absolute atomic E-state index is 0.170. The van der Waals surface area contributed by atoms with E-state index in [0.29, 0.717) is 12.4 Å². The summed E-state index contributed by atoms with van der Waals surface area (Å²) >= 11 is 0. The Morgan fingerprint density at radius 2 is 1.77 bits per heavy atom. The summed E-state index contributed by atoms with van der Waals surface area (Å²) in [5, 5.41) is 18.0. The van der Waals surface area contributed by atoms with E-state index < -0.39 is 0 Å². The molecule has 0 saturated heterocycles. The van der Waals surface area contributed by atoms with Gasteiger partial charge in [0.15, 0.2) is 5.88 Å². The number of pyridine rings is 1. The molecular weight excluding hydrogens is 380 g/mol. The second kappa shape index (κ2) is 8.57. The molecule has 0 aliphatic heterocycles. The molecule has 2 heterocycles. The van der Waals surface area contributed by atoms with Gasteiger partial charge in [-0.25, -0.2) is 9.78 Å². The van der Waals surface area contributed by atoms with Crippen LogP contribution in [0.1, 0.15) is 11.3 Å². The monoisotopic (exact) mass is 402 g/mol. The number of benzene rings is 2. The predicted molar refractivity (Wildman–Crippen MR) is 116 cm³/mol. The summed E-state index contributed by atoms with van der Waals surface area (Å²) < 4.78 is 7.03. The van der Waals surface area contributed by atoms with E-state index >= 15 is 0 Å². The number of aromatic nitrogens is 2. The zero-order valence-electron chi connectivity index (χ0n) is 16.5. The van der Waals surface area contributed by atoms with Gasteiger partial charge in [-0.3, -0.25) is 5.32 Å². The second-order valence-electron chi connectivity index (χ2n) is 6.77. The van der Waals surface area contributed by atoms with E-state index in [-0.39, 0.29) is 18.5 Å². The summed E-state index contributed by atoms with van der Waals surface area (Å²) in [6.45, 7) is 0.708. The molecule has 2 aromatic heterocycles. The van der Waals surface area contributed by atoms with E-state index in [1.807, 2.05) is 53.1 Å². The minimum Gasteiger partial charge on any atom is -0.497 e. The number of ether oxygens (including phenoxy) is 1. The Balaban J connectivity index is 1.59. The number of nitrogens with one attached hydrogen (secondary N) is 2. The number of amides is 2. The van der Waals surface area contributed by atoms with Crippen molar-refractivity contribution in [3.05, 3.63) is 84.2 Å². The zero-order chi connectivity index (χ0) is 20.9. The topological polar surface area (TPSA) is 88.4 Å². The number of nitrogens with zero attached hydrogens (tertiary/aromatic N) is 2. The molecular formula is C23H22N4O3. The smallest absolute Gasteiger partial charge is 0.320 e. The van der Waals surface area contributed by atoms with Crippen LogP contribution in [0.15, 0.2) is 72.9 Å². The summed E-state index contributed by atoms with van der Waals surface area (Å²) in [4.78, 5) is 16.4. The highest BCUT2D eigenvalue weighted by Crippen LogP contribution is 2.32. The highest BCUT2D eigenvalue weighted by molar-refractivity contribution is 5.92. The van der Waals surface area contributed by atoms with Gasteiger partial charge in [-0.2, -0.15) is 0 Å². The van der Waals surface area contributed by atoms with Crippen molar-refractivity contribution in [2.24, 2.45) is 0 Å². The van der Waals surface area contributed by atoms with E-state index in [2.05, 4.69) is 15.6 Å². The molecule has 0 aliphatic carbocycles. The minimum atomic E-state index is -0.366. The maximum Gasteiger partial charge on any atom is 0.320 e. The van der Waals surface area contributed by atoms with Crippen molar-refractivity contribution in [3.63, 3.8) is 0 Å². The normalized spacial score (nSPS) is 10.7. The van der Waals surface area contributed by atoms with Gasteiger partial charge >= 0.3 is 6.03 Å². The summed E-state index contributed by atoms with van der Waals surface area (Å²) in [7, 11) is 1.62. The van der Waals surface area contributed by atoms with Gasteiger partial charge in [-0.1, -0.05) is 36.4 Å². The summed E-state index contributed by atoms with van der Waals surface area (Å²) in [6, 6.07) is 20.2. The highest BCUT2D eigenvalue weighted by Gasteiger charge is 2.17. The van der Waals surface area contributed by atoms with Gasteiger partial charge in [0, 0.05) is 22.7 Å². The second-order valence-corrected chi connectivity index (χ2v) is 6.77. The molecule has 0 atom stereocenters. The number of methoxy groups -OCH3 is 1. The number of urea groups is 1. The Morgan fingerprint density at radius 1 is 1.03 bits per heavy atom. The number of hydrogen-bond donors (Lipinski definition) is 3. The Bertz CT molecular complexity index is 1150. The lowest BCUT2D eigenvalue weighted by Gasteiger charge is -2.13. The van der Waals surface area contributed by atoms with Crippen molar-refractivity contribution >= 4 is 22.6 Å². The first-order valence-electron chi connectivity index (χ1n) is 9.53. The van der Waals surface area contributed by atoms with E-state index in [0.717, 1.165) is 27.8 Å². The maximum absolute atomic E-state index is 12.3. The van der Waals surface area contributed by atoms with Crippen LogP contribution in [0.5, 0.6) is 11.6 Å². The largest absolute Gasteiger partial charge is 0.497 e. The van der Waals surface area contributed by atoms with Crippen molar-refractivity contribution < 1.29 is 14.6 Å². The molecule has 7 heteroatoms. The molecule has 7 nitrogen and oxygen atoms in total. The van der Waals surface area contributed by atoms with E-state index in [4.69, 9.17) is 4.74 Å². The molecule has 0 unspecified atom stereocenters. The van der Waals surface area contributed by atoms with Crippen LogP contribution in [0.25, 0.3) is 10.8 Å². The lowest BCUT2D eigenvalue weighted by Crippen LogP contribution is -2.29. The van der Waals surface area contributed by atoms with Gasteiger partial charge < -0.3 is 19.7 Å². The third-order valence-electron chi connectivity index (χ3n) is 4.88. The van der Waals surface area contributed by atoms with Gasteiger partial charge in [-0.15, -0.1) is 0 Å². The number of fused-ring (bicyclic) bond motifs is 1. The Labute approximate surface area is 173 Å². The number of carbonyl (C=O) groups excluding carboxylic acids is 1. The number of aromatic hydroxyl groups is 1. The molecule has 0 aliphatic rings. The molecule has 152 valence electrons. The third-order valence-corrected chi connectivity index (χ3v) is 4.88. The molecule has 3 N–H and O–H groups in total. The first-order chi connectivity index (χ1) is 14.7. The summed E-state index contributed by atoms with van der Waals surface area (Å²) in [5.74, 6) is 1.41. The molecule has 2 amide bonds. The maximum atomic E-state index is 12.3. The van der Waals surface area contributed by atoms with Gasteiger partial charge in [0.05, 0.1) is 20.2 Å². The molecule has 0 radical (unpaired) electrons. The van der Waals surface area contributed by atoms with Gasteiger partial charge in [0.25, 0.3) is 0 Å². The molecule has 0 spiro atoms. The third kappa shape index (κ3) is 4.05. The molecule has 30 heavy (non-hydrogen) atoms. The van der Waals surface area contributed by atoms with Crippen LogP contribution in [-0.2, 0) is 13.1 Å². The predicted octanol–water partition coefficient (Wildman–Crippen LogP) is 4.12. The standard InChI is InChI=1S/C23H22N4O3/c1-30-17-11-9-16(10-12-17)15-27-20(18-6-2-3-7-19(18)22(27)28)14-25-23(29)26-21-8-4-5-13-24-21/h2-13,28H,14-15H2,1H3,(H2,24,25,26,29). The lowest BCUT2D eigenvalue weighted by atomic mass is 10.2. The SMILES string of the molecule is COc1ccc(Cn2c(O)c3ccccc3c2CNC(=O)Nc2ccccn2)cc1. The number of hydrogen-bond acceptors (Lipinski definition) is 4. The summed E-state index contributed by atoms with van der Waals surface area (Å²) in [5.41, 5.74) is 1.82. The van der Waals surface area contributed by atoms with Crippen LogP contribution in [-0.4, -0.2) is 27.8 Å². The highest BCUT2D eigenvalue weighted by atomic mass is 16.5. The van der Waals surface area contributed by atoms with Gasteiger partial charge in [-0.05, 0) is 35.9 Å². The number of rotatable bonds is 6. The quantitative estimate of drug-likeness (QED) is 0.453.